The summed E-state index contributed by atoms with van der Waals surface area (Å²) >= 11 is 1.99. The number of hydrogen-bond donors (Lipinski definition) is 2. The van der Waals surface area contributed by atoms with Gasteiger partial charge < -0.3 is 10.4 Å². The number of rotatable bonds is 5. The minimum atomic E-state index is -1.14. The molecule has 0 unspecified atom stereocenters. The lowest BCUT2D eigenvalue weighted by atomic mass is 10.3. The van der Waals surface area contributed by atoms with E-state index in [4.69, 9.17) is 5.11 Å². The maximum Gasteiger partial charge on any atom is 0.338 e. The van der Waals surface area contributed by atoms with Gasteiger partial charge in [0.2, 0.25) is 5.91 Å². The Kier molecular flexibility index (Phi) is 4.92. The number of carbonyl (C=O) groups is 2. The van der Waals surface area contributed by atoms with Crippen LogP contribution in [0.2, 0.25) is 0 Å². The van der Waals surface area contributed by atoms with Crippen molar-refractivity contribution in [2.75, 3.05) is 11.1 Å². The second-order valence-corrected chi connectivity index (χ2v) is 5.81. The fraction of sp³-hybridized carbons (Fsp3) is 0.0769. The summed E-state index contributed by atoms with van der Waals surface area (Å²) in [6.45, 7) is 0. The average Bonchev–Trinajstić information content (AvgIpc) is 2.86. The van der Waals surface area contributed by atoms with Crippen molar-refractivity contribution in [1.29, 1.82) is 0 Å². The van der Waals surface area contributed by atoms with Crippen molar-refractivity contribution in [1.82, 2.24) is 0 Å². The minimum absolute atomic E-state index is 0.00585. The number of halogens is 2. The predicted molar refractivity (Wildman–Crippen MR) is 77.0 cm³/mol. The van der Waals surface area contributed by atoms with Crippen molar-refractivity contribution in [3.05, 3.63) is 46.8 Å². The van der Waals surface area contributed by atoms with Gasteiger partial charge in [-0.05, 0) is 23.6 Å². The molecule has 0 fully saturated rings. The third-order valence-electron chi connectivity index (χ3n) is 2.40. The van der Waals surface area contributed by atoms with Gasteiger partial charge in [-0.15, -0.1) is 23.1 Å². The molecule has 21 heavy (non-hydrogen) atoms. The first-order valence-corrected chi connectivity index (χ1v) is 7.52. The number of nitrogens with one attached hydrogen (secondary N) is 1. The van der Waals surface area contributed by atoms with E-state index in [9.17, 15) is 18.4 Å². The highest BCUT2D eigenvalue weighted by Crippen LogP contribution is 2.25. The van der Waals surface area contributed by atoms with Crippen molar-refractivity contribution < 1.29 is 23.5 Å². The quantitative estimate of drug-likeness (QED) is 0.825. The predicted octanol–water partition coefficient (Wildman–Crippen LogP) is 3.46. The molecular formula is C13H9F2NO3S2. The molecule has 0 bridgehead atoms. The van der Waals surface area contributed by atoms with Gasteiger partial charge in [0.25, 0.3) is 0 Å². The molecular weight excluding hydrogens is 320 g/mol. The van der Waals surface area contributed by atoms with Crippen molar-refractivity contribution in [2.45, 2.75) is 4.90 Å². The monoisotopic (exact) mass is 329 g/mol. The van der Waals surface area contributed by atoms with E-state index in [1.54, 1.807) is 5.38 Å². The van der Waals surface area contributed by atoms with Crippen molar-refractivity contribution in [3.8, 4) is 0 Å². The summed E-state index contributed by atoms with van der Waals surface area (Å²) in [5.74, 6) is -3.14. The Morgan fingerprint density at radius 3 is 2.71 bits per heavy atom. The molecule has 1 aromatic carbocycles. The first-order chi connectivity index (χ1) is 9.97. The zero-order valence-electron chi connectivity index (χ0n) is 10.4. The van der Waals surface area contributed by atoms with Crippen LogP contribution in [-0.2, 0) is 4.79 Å². The van der Waals surface area contributed by atoms with Gasteiger partial charge in [0, 0.05) is 11.0 Å². The lowest BCUT2D eigenvalue weighted by Crippen LogP contribution is -2.15. The minimum Gasteiger partial charge on any atom is -0.478 e. The highest BCUT2D eigenvalue weighted by atomic mass is 32.2. The SMILES string of the molecule is O=C(CSc1ccc(F)cc1F)Nc1sccc1C(=O)O. The average molecular weight is 329 g/mol. The molecule has 2 N–H and O–H groups in total. The van der Waals surface area contributed by atoms with E-state index in [-0.39, 0.29) is 21.2 Å². The Balaban J connectivity index is 1.96. The first kappa shape index (κ1) is 15.5. The summed E-state index contributed by atoms with van der Waals surface area (Å²) in [7, 11) is 0. The third-order valence-corrected chi connectivity index (χ3v) is 4.28. The Bertz CT molecular complexity index is 688. The number of thioether (sulfide) groups is 1. The number of amides is 1. The molecule has 8 heteroatoms. The smallest absolute Gasteiger partial charge is 0.338 e. The fourth-order valence-electron chi connectivity index (χ4n) is 1.47. The molecule has 1 heterocycles. The highest BCUT2D eigenvalue weighted by molar-refractivity contribution is 8.00. The van der Waals surface area contributed by atoms with E-state index in [1.807, 2.05) is 0 Å². The molecule has 0 aliphatic rings. The van der Waals surface area contributed by atoms with Gasteiger partial charge >= 0.3 is 5.97 Å². The Hall–Kier alpha value is -1.93. The van der Waals surface area contributed by atoms with Crippen LogP contribution in [0.15, 0.2) is 34.5 Å². The molecule has 110 valence electrons. The number of hydrogen-bond acceptors (Lipinski definition) is 4. The lowest BCUT2D eigenvalue weighted by Gasteiger charge is -2.05. The maximum atomic E-state index is 13.4. The lowest BCUT2D eigenvalue weighted by molar-refractivity contribution is -0.113. The summed E-state index contributed by atoms with van der Waals surface area (Å²) in [6.07, 6.45) is 0. The van der Waals surface area contributed by atoms with E-state index >= 15 is 0 Å². The molecule has 1 aromatic heterocycles. The van der Waals surface area contributed by atoms with Crippen molar-refractivity contribution in [2.24, 2.45) is 0 Å². The van der Waals surface area contributed by atoms with E-state index in [1.165, 1.54) is 12.1 Å². The summed E-state index contributed by atoms with van der Waals surface area (Å²) < 4.78 is 26.1. The van der Waals surface area contributed by atoms with Crippen LogP contribution < -0.4 is 5.32 Å². The van der Waals surface area contributed by atoms with E-state index in [0.717, 1.165) is 35.2 Å². The molecule has 0 radical (unpaired) electrons. The topological polar surface area (TPSA) is 66.4 Å². The van der Waals surface area contributed by atoms with E-state index in [2.05, 4.69) is 5.32 Å². The Morgan fingerprint density at radius 1 is 1.29 bits per heavy atom. The maximum absolute atomic E-state index is 13.4. The van der Waals surface area contributed by atoms with Gasteiger partial charge in [-0.3, -0.25) is 4.79 Å². The van der Waals surface area contributed by atoms with E-state index in [0.29, 0.717) is 0 Å². The van der Waals surface area contributed by atoms with Crippen LogP contribution in [0.25, 0.3) is 0 Å². The molecule has 0 saturated heterocycles. The van der Waals surface area contributed by atoms with Crippen molar-refractivity contribution >= 4 is 40.0 Å². The molecule has 0 saturated carbocycles. The fourth-order valence-corrected chi connectivity index (χ4v) is 2.99. The van der Waals surface area contributed by atoms with Crippen molar-refractivity contribution in [3.63, 3.8) is 0 Å². The van der Waals surface area contributed by atoms with Crippen LogP contribution in [0.3, 0.4) is 0 Å². The second kappa shape index (κ2) is 6.68. The van der Waals surface area contributed by atoms with Gasteiger partial charge in [0.15, 0.2) is 0 Å². The normalized spacial score (nSPS) is 10.4. The van der Waals surface area contributed by atoms with Crippen LogP contribution in [0.4, 0.5) is 13.8 Å². The molecule has 0 spiro atoms. The Labute approximate surface area is 126 Å². The third kappa shape index (κ3) is 4.02. The first-order valence-electron chi connectivity index (χ1n) is 5.66. The molecule has 4 nitrogen and oxygen atoms in total. The molecule has 2 rings (SSSR count). The van der Waals surface area contributed by atoms with Gasteiger partial charge in [0.1, 0.15) is 16.6 Å². The summed E-state index contributed by atoms with van der Waals surface area (Å²) in [5, 5.41) is 13.1. The van der Waals surface area contributed by atoms with Gasteiger partial charge in [-0.1, -0.05) is 0 Å². The number of carboxylic acid groups (broad SMARTS) is 1. The largest absolute Gasteiger partial charge is 0.478 e. The standard InChI is InChI=1S/C13H9F2NO3S2/c14-7-1-2-10(9(15)5-7)21-6-11(17)16-12-8(13(18)19)3-4-20-12/h1-5H,6H2,(H,16,17)(H,18,19). The second-order valence-electron chi connectivity index (χ2n) is 3.88. The summed E-state index contributed by atoms with van der Waals surface area (Å²) in [4.78, 5) is 22.8. The van der Waals surface area contributed by atoms with Gasteiger partial charge in [0.05, 0.1) is 11.3 Å². The van der Waals surface area contributed by atoms with Crippen LogP contribution >= 0.6 is 23.1 Å². The zero-order valence-corrected chi connectivity index (χ0v) is 12.1. The molecule has 1 amide bonds. The van der Waals surface area contributed by atoms with Crippen LogP contribution in [0.5, 0.6) is 0 Å². The number of anilines is 1. The number of thiophene rings is 1. The zero-order chi connectivity index (χ0) is 15.4. The van der Waals surface area contributed by atoms with E-state index < -0.39 is 23.5 Å². The van der Waals surface area contributed by atoms with Gasteiger partial charge in [-0.2, -0.15) is 0 Å². The Morgan fingerprint density at radius 2 is 2.05 bits per heavy atom. The highest BCUT2D eigenvalue weighted by Gasteiger charge is 2.14. The molecule has 0 aliphatic carbocycles. The number of carboxylic acids is 1. The number of aromatic carboxylic acids is 1. The van der Waals surface area contributed by atoms with Crippen LogP contribution in [0.1, 0.15) is 10.4 Å². The molecule has 0 atom stereocenters. The number of carbonyl (C=O) groups excluding carboxylic acids is 1. The molecule has 0 aliphatic heterocycles. The summed E-state index contributed by atoms with van der Waals surface area (Å²) in [6, 6.07) is 4.47. The number of benzene rings is 1. The summed E-state index contributed by atoms with van der Waals surface area (Å²) in [5.41, 5.74) is 0.00585. The van der Waals surface area contributed by atoms with Crippen LogP contribution in [0, 0.1) is 11.6 Å². The van der Waals surface area contributed by atoms with Gasteiger partial charge in [-0.25, -0.2) is 13.6 Å². The van der Waals surface area contributed by atoms with Crippen LogP contribution in [-0.4, -0.2) is 22.7 Å². The molecule has 2 aromatic rings.